The van der Waals surface area contributed by atoms with Gasteiger partial charge in [-0.15, -0.1) is 0 Å². The minimum atomic E-state index is -4.77. The van der Waals surface area contributed by atoms with Crippen LogP contribution in [0.4, 0.5) is 22.0 Å². The van der Waals surface area contributed by atoms with Crippen LogP contribution in [0, 0.1) is 0 Å². The van der Waals surface area contributed by atoms with E-state index in [2.05, 4.69) is 0 Å². The Labute approximate surface area is 125 Å². The average molecular weight is 322 g/mol. The van der Waals surface area contributed by atoms with E-state index in [0.29, 0.717) is 6.07 Å². The Morgan fingerprint density at radius 3 is 1.91 bits per heavy atom. The van der Waals surface area contributed by atoms with Crippen LogP contribution in [0.2, 0.25) is 0 Å². The molecule has 2 nitrogen and oxygen atoms in total. The van der Waals surface area contributed by atoms with E-state index in [1.54, 1.807) is 27.7 Å². The van der Waals surface area contributed by atoms with Crippen LogP contribution < -0.4 is 5.46 Å². The molecule has 1 fully saturated rings. The van der Waals surface area contributed by atoms with Crippen molar-refractivity contribution in [1.29, 1.82) is 0 Å². The Kier molecular flexibility index (Phi) is 4.07. The molecule has 0 radical (unpaired) electrons. The van der Waals surface area contributed by atoms with E-state index in [9.17, 15) is 22.0 Å². The maximum Gasteiger partial charge on any atom is 0.495 e. The number of alkyl halides is 5. The highest BCUT2D eigenvalue weighted by molar-refractivity contribution is 6.62. The Morgan fingerprint density at radius 2 is 1.50 bits per heavy atom. The van der Waals surface area contributed by atoms with Crippen molar-refractivity contribution in [3.05, 3.63) is 29.3 Å². The second-order valence-electron chi connectivity index (χ2n) is 6.23. The third-order valence-corrected chi connectivity index (χ3v) is 4.14. The number of benzene rings is 1. The Morgan fingerprint density at radius 1 is 1.00 bits per heavy atom. The van der Waals surface area contributed by atoms with E-state index >= 15 is 0 Å². The van der Waals surface area contributed by atoms with Gasteiger partial charge in [0.1, 0.15) is 0 Å². The van der Waals surface area contributed by atoms with Gasteiger partial charge in [0.25, 0.3) is 6.43 Å². The van der Waals surface area contributed by atoms with Gasteiger partial charge in [-0.2, -0.15) is 13.2 Å². The first kappa shape index (κ1) is 17.2. The van der Waals surface area contributed by atoms with Crippen molar-refractivity contribution in [2.24, 2.45) is 0 Å². The van der Waals surface area contributed by atoms with Crippen LogP contribution in [0.3, 0.4) is 0 Å². The lowest BCUT2D eigenvalue weighted by Gasteiger charge is -2.32. The van der Waals surface area contributed by atoms with Crippen molar-refractivity contribution in [1.82, 2.24) is 0 Å². The minimum Gasteiger partial charge on any atom is -0.399 e. The Hall–Kier alpha value is -1.15. The molecular weight excluding hydrogens is 306 g/mol. The highest BCUT2D eigenvalue weighted by Gasteiger charge is 2.53. The van der Waals surface area contributed by atoms with Crippen LogP contribution in [-0.4, -0.2) is 18.3 Å². The molecule has 1 aliphatic rings. The quantitative estimate of drug-likeness (QED) is 0.606. The van der Waals surface area contributed by atoms with E-state index in [1.807, 2.05) is 0 Å². The molecule has 0 N–H and O–H groups in total. The van der Waals surface area contributed by atoms with E-state index < -0.39 is 42.0 Å². The van der Waals surface area contributed by atoms with Crippen LogP contribution in [0.15, 0.2) is 18.2 Å². The van der Waals surface area contributed by atoms with Crippen molar-refractivity contribution in [3.8, 4) is 0 Å². The average Bonchev–Trinajstić information content (AvgIpc) is 2.56. The van der Waals surface area contributed by atoms with Crippen molar-refractivity contribution < 1.29 is 31.3 Å². The normalized spacial score (nSPS) is 20.7. The summed E-state index contributed by atoms with van der Waals surface area (Å²) in [5.74, 6) is 0. The molecule has 0 aromatic heterocycles. The van der Waals surface area contributed by atoms with Crippen LogP contribution in [0.1, 0.15) is 45.2 Å². The fourth-order valence-corrected chi connectivity index (χ4v) is 2.13. The molecule has 1 aromatic rings. The summed E-state index contributed by atoms with van der Waals surface area (Å²) in [7, 11) is -1.26. The zero-order valence-corrected chi connectivity index (χ0v) is 12.6. The molecule has 0 unspecified atom stereocenters. The third kappa shape index (κ3) is 2.99. The number of halogens is 5. The zero-order valence-electron chi connectivity index (χ0n) is 12.6. The van der Waals surface area contributed by atoms with Gasteiger partial charge in [0.15, 0.2) is 0 Å². The Bertz CT molecular complexity index is 553. The second-order valence-corrected chi connectivity index (χ2v) is 6.23. The van der Waals surface area contributed by atoms with Gasteiger partial charge in [0.05, 0.1) is 16.8 Å². The largest absolute Gasteiger partial charge is 0.495 e. The highest BCUT2D eigenvalue weighted by atomic mass is 19.4. The van der Waals surface area contributed by atoms with Crippen LogP contribution >= 0.6 is 0 Å². The van der Waals surface area contributed by atoms with Gasteiger partial charge in [0, 0.05) is 5.56 Å². The number of rotatable bonds is 2. The highest BCUT2D eigenvalue weighted by Crippen LogP contribution is 2.38. The molecule has 2 rings (SSSR count). The third-order valence-electron chi connectivity index (χ3n) is 4.14. The van der Waals surface area contributed by atoms with Gasteiger partial charge >= 0.3 is 13.3 Å². The minimum absolute atomic E-state index is 0.296. The molecule has 8 heteroatoms. The first-order valence-electron chi connectivity index (χ1n) is 6.70. The van der Waals surface area contributed by atoms with E-state index in [0.717, 1.165) is 12.1 Å². The fourth-order valence-electron chi connectivity index (χ4n) is 2.13. The SMILES string of the molecule is CC1(C)OB(c2ccc(C(F)F)cc2C(F)(F)F)OC1(C)C. The topological polar surface area (TPSA) is 18.5 Å². The molecule has 1 heterocycles. The molecule has 0 spiro atoms. The summed E-state index contributed by atoms with van der Waals surface area (Å²) in [4.78, 5) is 0. The van der Waals surface area contributed by atoms with Gasteiger partial charge in [-0.3, -0.25) is 0 Å². The first-order chi connectivity index (χ1) is 9.85. The molecule has 0 aliphatic carbocycles. The summed E-state index contributed by atoms with van der Waals surface area (Å²) in [6.45, 7) is 6.81. The van der Waals surface area contributed by atoms with Crippen molar-refractivity contribution in [3.63, 3.8) is 0 Å². The molecular formula is C14H16BF5O2. The van der Waals surface area contributed by atoms with Crippen LogP contribution in [-0.2, 0) is 15.5 Å². The van der Waals surface area contributed by atoms with Crippen molar-refractivity contribution in [2.45, 2.75) is 51.5 Å². The Balaban J connectivity index is 2.48. The second kappa shape index (κ2) is 5.20. The molecule has 1 aliphatic heterocycles. The summed E-state index contributed by atoms with van der Waals surface area (Å²) < 4.78 is 76.0. The van der Waals surface area contributed by atoms with E-state index in [-0.39, 0.29) is 5.46 Å². The summed E-state index contributed by atoms with van der Waals surface area (Å²) >= 11 is 0. The molecule has 0 saturated carbocycles. The first-order valence-corrected chi connectivity index (χ1v) is 6.70. The summed E-state index contributed by atoms with van der Waals surface area (Å²) in [6, 6.07) is 2.40. The predicted octanol–water partition coefficient (Wildman–Crippen LogP) is 3.94. The summed E-state index contributed by atoms with van der Waals surface area (Å²) in [5.41, 5.74) is -3.78. The fraction of sp³-hybridized carbons (Fsp3) is 0.571. The van der Waals surface area contributed by atoms with Gasteiger partial charge in [-0.25, -0.2) is 8.78 Å². The summed E-state index contributed by atoms with van der Waals surface area (Å²) in [6.07, 6.45) is -7.75. The van der Waals surface area contributed by atoms with E-state index in [1.165, 1.54) is 0 Å². The lowest BCUT2D eigenvalue weighted by atomic mass is 9.75. The predicted molar refractivity (Wildman–Crippen MR) is 72.1 cm³/mol. The lowest BCUT2D eigenvalue weighted by Crippen LogP contribution is -2.41. The van der Waals surface area contributed by atoms with Gasteiger partial charge in [-0.1, -0.05) is 12.1 Å². The molecule has 0 atom stereocenters. The lowest BCUT2D eigenvalue weighted by molar-refractivity contribution is -0.137. The van der Waals surface area contributed by atoms with Gasteiger partial charge in [-0.05, 0) is 39.2 Å². The summed E-state index contributed by atoms with van der Waals surface area (Å²) in [5, 5.41) is 0. The van der Waals surface area contributed by atoms with Crippen LogP contribution in [0.25, 0.3) is 0 Å². The maximum absolute atomic E-state index is 13.2. The molecule has 0 amide bonds. The van der Waals surface area contributed by atoms with E-state index in [4.69, 9.17) is 9.31 Å². The smallest absolute Gasteiger partial charge is 0.399 e. The molecule has 0 bridgehead atoms. The van der Waals surface area contributed by atoms with Crippen molar-refractivity contribution in [2.75, 3.05) is 0 Å². The maximum atomic E-state index is 13.2. The molecule has 122 valence electrons. The number of hydrogen-bond donors (Lipinski definition) is 0. The zero-order chi connectivity index (χ0) is 16.9. The van der Waals surface area contributed by atoms with Gasteiger partial charge < -0.3 is 9.31 Å². The monoisotopic (exact) mass is 322 g/mol. The molecule has 1 aromatic carbocycles. The molecule has 22 heavy (non-hydrogen) atoms. The number of hydrogen-bond acceptors (Lipinski definition) is 2. The molecule has 1 saturated heterocycles. The van der Waals surface area contributed by atoms with Gasteiger partial charge in [0.2, 0.25) is 0 Å². The van der Waals surface area contributed by atoms with Crippen LogP contribution in [0.5, 0.6) is 0 Å². The van der Waals surface area contributed by atoms with Crippen molar-refractivity contribution >= 4 is 12.6 Å². The standard InChI is InChI=1S/C14H16BF5O2/c1-12(2)13(3,4)22-15(21-12)10-6-5-8(11(16)17)7-9(10)14(18,19)20/h5-7,11H,1-4H3.